The first-order valence-corrected chi connectivity index (χ1v) is 13.4. The molecule has 0 spiro atoms. The standard InChI is InChI=1S/C27H27N5O3S/c1-19-6-8-23(9-7-19)36(33,34)32-25(15-24-26-22(16-28-27(24)32)17-29-30(26)2)21-5-3-4-20(14-21)18-31-10-12-35-13-11-31/h3-9,14-17H,10-13,18H2,1-2H3. The number of hydrogen-bond donors (Lipinski definition) is 0. The number of nitrogens with zero attached hydrogens (tertiary/aromatic N) is 5. The van der Waals surface area contributed by atoms with Crippen LogP contribution in [0.1, 0.15) is 11.1 Å². The monoisotopic (exact) mass is 501 g/mol. The first-order chi connectivity index (χ1) is 17.4. The normalized spacial score (nSPS) is 15.2. The molecule has 6 rings (SSSR count). The molecule has 5 aromatic rings. The highest BCUT2D eigenvalue weighted by Crippen LogP contribution is 2.35. The van der Waals surface area contributed by atoms with Gasteiger partial charge in [-0.25, -0.2) is 17.4 Å². The van der Waals surface area contributed by atoms with Crippen LogP contribution in [0.5, 0.6) is 0 Å². The number of hydrogen-bond acceptors (Lipinski definition) is 6. The molecule has 8 nitrogen and oxygen atoms in total. The molecule has 0 N–H and O–H groups in total. The maximum Gasteiger partial charge on any atom is 0.269 e. The summed E-state index contributed by atoms with van der Waals surface area (Å²) in [4.78, 5) is 7.18. The summed E-state index contributed by atoms with van der Waals surface area (Å²) < 4.78 is 36.7. The van der Waals surface area contributed by atoms with Gasteiger partial charge in [0.05, 0.1) is 35.5 Å². The van der Waals surface area contributed by atoms with E-state index in [9.17, 15) is 8.42 Å². The largest absolute Gasteiger partial charge is 0.379 e. The Morgan fingerprint density at radius 3 is 2.56 bits per heavy atom. The maximum absolute atomic E-state index is 14.1. The molecular weight excluding hydrogens is 474 g/mol. The highest BCUT2D eigenvalue weighted by Gasteiger charge is 2.26. The van der Waals surface area contributed by atoms with Gasteiger partial charge in [-0.05, 0) is 42.3 Å². The van der Waals surface area contributed by atoms with E-state index < -0.39 is 10.0 Å². The third-order valence-electron chi connectivity index (χ3n) is 6.77. The molecule has 3 aromatic heterocycles. The lowest BCUT2D eigenvalue weighted by molar-refractivity contribution is 0.0342. The Bertz CT molecular complexity index is 1680. The van der Waals surface area contributed by atoms with Gasteiger partial charge in [0.1, 0.15) is 0 Å². The zero-order valence-corrected chi connectivity index (χ0v) is 21.1. The first kappa shape index (κ1) is 22.9. The van der Waals surface area contributed by atoms with Gasteiger partial charge < -0.3 is 4.74 Å². The van der Waals surface area contributed by atoms with Gasteiger partial charge >= 0.3 is 0 Å². The molecule has 0 radical (unpaired) electrons. The fourth-order valence-electron chi connectivity index (χ4n) is 4.90. The molecule has 0 unspecified atom stereocenters. The summed E-state index contributed by atoms with van der Waals surface area (Å²) >= 11 is 0. The molecular formula is C27H27N5O3S. The zero-order chi connectivity index (χ0) is 24.9. The third kappa shape index (κ3) is 3.89. The van der Waals surface area contributed by atoms with Crippen LogP contribution < -0.4 is 0 Å². The van der Waals surface area contributed by atoms with Crippen LogP contribution >= 0.6 is 0 Å². The molecule has 0 aliphatic carbocycles. The smallest absolute Gasteiger partial charge is 0.269 e. The molecule has 1 aliphatic rings. The van der Waals surface area contributed by atoms with E-state index in [2.05, 4.69) is 27.1 Å². The Hall–Kier alpha value is -3.53. The van der Waals surface area contributed by atoms with Crippen LogP contribution in [0.15, 0.2) is 71.9 Å². The SMILES string of the molecule is Cc1ccc(S(=O)(=O)n2c(-c3cccc(CN4CCOCC4)c3)cc3c4c(cnc32)cnn4C)cc1. The lowest BCUT2D eigenvalue weighted by atomic mass is 10.1. The summed E-state index contributed by atoms with van der Waals surface area (Å²) in [7, 11) is -2.07. The van der Waals surface area contributed by atoms with E-state index in [0.29, 0.717) is 11.3 Å². The van der Waals surface area contributed by atoms with Crippen molar-refractivity contribution in [1.29, 1.82) is 0 Å². The minimum Gasteiger partial charge on any atom is -0.379 e. The van der Waals surface area contributed by atoms with E-state index in [1.54, 1.807) is 29.2 Å². The molecule has 0 atom stereocenters. The summed E-state index contributed by atoms with van der Waals surface area (Å²) in [6.07, 6.45) is 3.43. The average Bonchev–Trinajstić information content (AvgIpc) is 3.46. The van der Waals surface area contributed by atoms with E-state index in [1.807, 2.05) is 44.3 Å². The van der Waals surface area contributed by atoms with Crippen LogP contribution in [0.3, 0.4) is 0 Å². The third-order valence-corrected chi connectivity index (χ3v) is 8.49. The van der Waals surface area contributed by atoms with Gasteiger partial charge in [0.25, 0.3) is 10.0 Å². The molecule has 1 aliphatic heterocycles. The predicted molar refractivity (Wildman–Crippen MR) is 139 cm³/mol. The van der Waals surface area contributed by atoms with Crippen LogP contribution in [-0.4, -0.2) is 58.4 Å². The number of aromatic nitrogens is 4. The Balaban J connectivity index is 1.56. The number of aryl methyl sites for hydroxylation is 2. The number of ether oxygens (including phenoxy) is 1. The van der Waals surface area contributed by atoms with Crippen molar-refractivity contribution >= 4 is 32.0 Å². The van der Waals surface area contributed by atoms with E-state index >= 15 is 0 Å². The molecule has 36 heavy (non-hydrogen) atoms. The highest BCUT2D eigenvalue weighted by atomic mass is 32.2. The van der Waals surface area contributed by atoms with Gasteiger partial charge in [-0.15, -0.1) is 0 Å². The second-order valence-corrected chi connectivity index (χ2v) is 11.1. The van der Waals surface area contributed by atoms with Crippen LogP contribution in [0.25, 0.3) is 33.2 Å². The van der Waals surface area contributed by atoms with Crippen molar-refractivity contribution in [2.24, 2.45) is 7.05 Å². The van der Waals surface area contributed by atoms with Crippen molar-refractivity contribution in [3.8, 4) is 11.3 Å². The molecule has 9 heteroatoms. The van der Waals surface area contributed by atoms with Crippen molar-refractivity contribution in [3.63, 3.8) is 0 Å². The van der Waals surface area contributed by atoms with Crippen molar-refractivity contribution in [2.75, 3.05) is 26.3 Å². The summed E-state index contributed by atoms with van der Waals surface area (Å²) in [6, 6.07) is 16.9. The molecule has 1 saturated heterocycles. The first-order valence-electron chi connectivity index (χ1n) is 12.0. The van der Waals surface area contributed by atoms with Crippen molar-refractivity contribution < 1.29 is 13.2 Å². The molecule has 0 amide bonds. The minimum absolute atomic E-state index is 0.225. The van der Waals surface area contributed by atoms with Gasteiger partial charge in [-0.3, -0.25) is 9.58 Å². The van der Waals surface area contributed by atoms with Crippen molar-refractivity contribution in [1.82, 2.24) is 23.6 Å². The quantitative estimate of drug-likeness (QED) is 0.363. The highest BCUT2D eigenvalue weighted by molar-refractivity contribution is 7.90. The molecule has 0 saturated carbocycles. The van der Waals surface area contributed by atoms with Gasteiger partial charge in [0.15, 0.2) is 5.65 Å². The average molecular weight is 502 g/mol. The summed E-state index contributed by atoms with van der Waals surface area (Å²) in [5.41, 5.74) is 4.76. The summed E-state index contributed by atoms with van der Waals surface area (Å²) in [5, 5.41) is 5.98. The zero-order valence-electron chi connectivity index (χ0n) is 20.3. The minimum atomic E-state index is -3.92. The molecule has 1 fully saturated rings. The number of fused-ring (bicyclic) bond motifs is 3. The summed E-state index contributed by atoms with van der Waals surface area (Å²) in [6.45, 7) is 5.95. The Kier molecular flexibility index (Phi) is 5.63. The fourth-order valence-corrected chi connectivity index (χ4v) is 6.38. The lowest BCUT2D eigenvalue weighted by Crippen LogP contribution is -2.35. The second-order valence-electron chi connectivity index (χ2n) is 9.27. The van der Waals surface area contributed by atoms with Gasteiger partial charge in [-0.2, -0.15) is 5.10 Å². The fraction of sp³-hybridized carbons (Fsp3) is 0.259. The number of rotatable bonds is 5. The van der Waals surface area contributed by atoms with Crippen LogP contribution in [0.2, 0.25) is 0 Å². The Labute approximate surface area is 209 Å². The van der Waals surface area contributed by atoms with Gasteiger partial charge in [0.2, 0.25) is 0 Å². The number of benzene rings is 2. The van der Waals surface area contributed by atoms with Crippen molar-refractivity contribution in [2.45, 2.75) is 18.4 Å². The number of pyridine rings is 1. The van der Waals surface area contributed by atoms with E-state index in [1.165, 1.54) is 3.97 Å². The Morgan fingerprint density at radius 2 is 1.78 bits per heavy atom. The molecule has 4 heterocycles. The second kappa shape index (κ2) is 8.85. The van der Waals surface area contributed by atoms with Crippen LogP contribution in [0.4, 0.5) is 0 Å². The Morgan fingerprint density at radius 1 is 1.00 bits per heavy atom. The molecule has 0 bridgehead atoms. The topological polar surface area (TPSA) is 82.2 Å². The van der Waals surface area contributed by atoms with Gasteiger partial charge in [-0.1, -0.05) is 35.9 Å². The molecule has 184 valence electrons. The van der Waals surface area contributed by atoms with E-state index in [4.69, 9.17) is 4.74 Å². The van der Waals surface area contributed by atoms with Crippen molar-refractivity contribution in [3.05, 3.63) is 78.1 Å². The predicted octanol–water partition coefficient (Wildman–Crippen LogP) is 3.97. The molecule has 2 aromatic carbocycles. The van der Waals surface area contributed by atoms with Crippen LogP contribution in [0, 0.1) is 6.92 Å². The van der Waals surface area contributed by atoms with E-state index in [-0.39, 0.29) is 4.90 Å². The lowest BCUT2D eigenvalue weighted by Gasteiger charge is -2.26. The van der Waals surface area contributed by atoms with Crippen LogP contribution in [-0.2, 0) is 28.4 Å². The summed E-state index contributed by atoms with van der Waals surface area (Å²) in [5.74, 6) is 0. The number of morpholine rings is 1. The van der Waals surface area contributed by atoms with Gasteiger partial charge in [0, 0.05) is 43.7 Å². The maximum atomic E-state index is 14.1. The van der Waals surface area contributed by atoms with E-state index in [0.717, 1.165) is 65.8 Å².